The highest BCUT2D eigenvalue weighted by Gasteiger charge is 2.36. The van der Waals surface area contributed by atoms with Crippen molar-refractivity contribution >= 4 is 41.8 Å². The highest BCUT2D eigenvalue weighted by Crippen LogP contribution is 2.25. The van der Waals surface area contributed by atoms with Crippen LogP contribution in [-0.2, 0) is 33.4 Å². The van der Waals surface area contributed by atoms with Gasteiger partial charge >= 0.3 is 5.97 Å². The standard InChI is InChI=1S/C13H22N2O4S.C13H28N2O2.C8H12.C5H11NO.C3H8.C2H6/c1-9(13(20)14-7-11(17)18-2)12(19-3)10-5-4-6-15(10)8-16;1-7-10(3)13(11(8-2)17-6)15(5)12(16)9-14-4;1-4-6-8(3)7-5-2;1-5(2,4-7)6-3;1-3-2;1-2/h8-10,12H,4-7H2,1-3H3,(H,14,20);10-11,13-14H,7-9H2,1-6H3;4-7H,1H2,2-3H3;4,6H,1-3H3;3H2,1-2H3;1-2H3/b;;7-5-,8-6-;;;. The molecule has 0 bridgehead atoms. The SMILES string of the molecule is C=C/C=C(C)\C=C/C.CC.CCC.CCC(C)C(C(CC)OC)N(C)C(=O)CNC.CNC(C)(C)C=O.COC(=O)CNC(=S)C(C)C(OC)C1CCCN1C=O. The lowest BCUT2D eigenvalue weighted by molar-refractivity contribution is -0.139. The van der Waals surface area contributed by atoms with E-state index < -0.39 is 0 Å². The van der Waals surface area contributed by atoms with Crippen molar-refractivity contribution in [3.8, 4) is 0 Å². The molecule has 1 saturated heterocycles. The minimum Gasteiger partial charge on any atom is -0.468 e. The third-order valence-corrected chi connectivity index (χ3v) is 9.42. The van der Waals surface area contributed by atoms with E-state index in [4.69, 9.17) is 21.7 Å². The van der Waals surface area contributed by atoms with Crippen LogP contribution in [0, 0.1) is 11.8 Å². The molecule has 0 radical (unpaired) electrons. The van der Waals surface area contributed by atoms with Gasteiger partial charge in [0.2, 0.25) is 12.3 Å². The first-order valence-electron chi connectivity index (χ1n) is 20.5. The first-order chi connectivity index (χ1) is 26.9. The Bertz CT molecular complexity index is 1100. The second-order valence-corrected chi connectivity index (χ2v) is 14.3. The van der Waals surface area contributed by atoms with E-state index in [2.05, 4.69) is 61.9 Å². The predicted octanol–water partition coefficient (Wildman–Crippen LogP) is 7.17. The average molecular weight is 830 g/mol. The third kappa shape index (κ3) is 30.7. The van der Waals surface area contributed by atoms with E-state index in [-0.39, 0.29) is 54.2 Å². The quantitative estimate of drug-likeness (QED) is 0.0529. The summed E-state index contributed by atoms with van der Waals surface area (Å²) >= 11 is 5.29. The van der Waals surface area contributed by atoms with E-state index in [1.165, 1.54) is 19.1 Å². The van der Waals surface area contributed by atoms with E-state index in [1.54, 1.807) is 39.3 Å². The number of aldehydes is 1. The number of nitrogens with zero attached hydrogens (tertiary/aromatic N) is 2. The molecule has 336 valence electrons. The van der Waals surface area contributed by atoms with Gasteiger partial charge in [0, 0.05) is 33.7 Å². The molecular weight excluding hydrogens is 743 g/mol. The van der Waals surface area contributed by atoms with Crippen molar-refractivity contribution in [1.29, 1.82) is 0 Å². The van der Waals surface area contributed by atoms with Crippen LogP contribution in [0.1, 0.15) is 115 Å². The Morgan fingerprint density at radius 1 is 1.02 bits per heavy atom. The normalized spacial score (nSPS) is 15.9. The Morgan fingerprint density at radius 2 is 1.58 bits per heavy atom. The van der Waals surface area contributed by atoms with Gasteiger partial charge in [-0.1, -0.05) is 117 Å². The van der Waals surface area contributed by atoms with Crippen LogP contribution in [0.25, 0.3) is 0 Å². The summed E-state index contributed by atoms with van der Waals surface area (Å²) in [5, 5.41) is 8.60. The maximum Gasteiger partial charge on any atom is 0.325 e. The highest BCUT2D eigenvalue weighted by atomic mass is 32.1. The van der Waals surface area contributed by atoms with Gasteiger partial charge in [-0.2, -0.15) is 0 Å². The van der Waals surface area contributed by atoms with E-state index in [9.17, 15) is 19.2 Å². The van der Waals surface area contributed by atoms with Crippen LogP contribution in [0.5, 0.6) is 0 Å². The third-order valence-electron chi connectivity index (χ3n) is 8.90. The number of hydrogen-bond donors (Lipinski definition) is 3. The van der Waals surface area contributed by atoms with Gasteiger partial charge in [-0.15, -0.1) is 0 Å². The fourth-order valence-corrected chi connectivity index (χ4v) is 5.53. The number of methoxy groups -OCH3 is 3. The summed E-state index contributed by atoms with van der Waals surface area (Å²) in [5.41, 5.74) is 0.891. The maximum absolute atomic E-state index is 11.9. The molecule has 12 nitrogen and oxygen atoms in total. The van der Waals surface area contributed by atoms with Crippen molar-refractivity contribution in [3.05, 3.63) is 36.5 Å². The molecule has 0 saturated carbocycles. The molecule has 0 aromatic rings. The van der Waals surface area contributed by atoms with Crippen LogP contribution in [0.15, 0.2) is 36.5 Å². The molecule has 0 aliphatic carbocycles. The molecule has 1 heterocycles. The molecular formula is C44H87N5O7S. The Morgan fingerprint density at radius 3 is 1.93 bits per heavy atom. The van der Waals surface area contributed by atoms with Crippen molar-refractivity contribution in [2.45, 2.75) is 145 Å². The number of hydrogen-bond acceptors (Lipinski definition) is 10. The summed E-state index contributed by atoms with van der Waals surface area (Å²) in [6, 6.07) is 0.182. The molecule has 0 spiro atoms. The summed E-state index contributed by atoms with van der Waals surface area (Å²) < 4.78 is 15.6. The number of ether oxygens (including phenoxy) is 3. The van der Waals surface area contributed by atoms with Gasteiger partial charge in [0.05, 0.1) is 48.5 Å². The first kappa shape index (κ1) is 63.2. The highest BCUT2D eigenvalue weighted by molar-refractivity contribution is 7.80. The average Bonchev–Trinajstić information content (AvgIpc) is 3.69. The Kier molecular flexibility index (Phi) is 45.7. The van der Waals surface area contributed by atoms with Gasteiger partial charge in [-0.25, -0.2) is 0 Å². The minimum atomic E-state index is -0.371. The summed E-state index contributed by atoms with van der Waals surface area (Å²) in [5.74, 6) is 0.0908. The van der Waals surface area contributed by atoms with Crippen molar-refractivity contribution in [3.63, 3.8) is 0 Å². The number of thiocarbonyl (C=S) groups is 1. The molecule has 57 heavy (non-hydrogen) atoms. The number of nitrogens with one attached hydrogen (secondary N) is 3. The van der Waals surface area contributed by atoms with E-state index >= 15 is 0 Å². The summed E-state index contributed by atoms with van der Waals surface area (Å²) in [6.45, 7) is 29.0. The van der Waals surface area contributed by atoms with E-state index in [0.29, 0.717) is 17.5 Å². The molecule has 6 unspecified atom stereocenters. The van der Waals surface area contributed by atoms with E-state index in [0.717, 1.165) is 44.9 Å². The monoisotopic (exact) mass is 830 g/mol. The number of carbonyl (C=O) groups excluding carboxylic acids is 4. The molecule has 2 amide bonds. The molecule has 1 aliphatic rings. The molecule has 6 atom stereocenters. The number of rotatable bonds is 19. The Balaban J connectivity index is -0.000000218. The topological polar surface area (TPSA) is 139 Å². The van der Waals surface area contributed by atoms with Gasteiger partial charge < -0.3 is 44.8 Å². The van der Waals surface area contributed by atoms with Crippen LogP contribution in [-0.4, -0.2) is 131 Å². The second kappa shape index (κ2) is 41.2. The molecule has 1 aliphatic heterocycles. The zero-order valence-electron chi connectivity index (χ0n) is 39.5. The summed E-state index contributed by atoms with van der Waals surface area (Å²) in [4.78, 5) is 48.2. The van der Waals surface area contributed by atoms with Crippen LogP contribution >= 0.6 is 12.2 Å². The van der Waals surface area contributed by atoms with Crippen molar-refractivity contribution in [2.75, 3.05) is 62.1 Å². The Hall–Kier alpha value is -2.97. The molecule has 1 rings (SSSR count). The predicted molar refractivity (Wildman–Crippen MR) is 245 cm³/mol. The minimum absolute atomic E-state index is 0.0328. The number of likely N-dealkylation sites (N-methyl/N-ethyl adjacent to an activating group) is 3. The van der Waals surface area contributed by atoms with Gasteiger partial charge in [0.15, 0.2) is 0 Å². The molecule has 0 aromatic carbocycles. The molecule has 3 N–H and O–H groups in total. The van der Waals surface area contributed by atoms with Crippen LogP contribution in [0.2, 0.25) is 0 Å². The van der Waals surface area contributed by atoms with E-state index in [1.807, 2.05) is 78.6 Å². The van der Waals surface area contributed by atoms with Gasteiger partial charge in [-0.3, -0.25) is 14.4 Å². The summed E-state index contributed by atoms with van der Waals surface area (Å²) in [6.07, 6.45) is 14.6. The lowest BCUT2D eigenvalue weighted by Gasteiger charge is -2.37. The number of esters is 1. The molecule has 1 fully saturated rings. The molecule has 0 aromatic heterocycles. The van der Waals surface area contributed by atoms with Gasteiger partial charge in [-0.05, 0) is 67.0 Å². The van der Waals surface area contributed by atoms with Gasteiger partial charge in [0.1, 0.15) is 12.8 Å². The van der Waals surface area contributed by atoms with Crippen LogP contribution in [0.3, 0.4) is 0 Å². The number of carbonyl (C=O) groups is 4. The lowest BCUT2D eigenvalue weighted by atomic mass is 9.91. The number of amides is 2. The fraction of sp³-hybridized carbons (Fsp3) is 0.750. The van der Waals surface area contributed by atoms with Crippen molar-refractivity contribution in [2.24, 2.45) is 11.8 Å². The first-order valence-corrected chi connectivity index (χ1v) is 20.9. The van der Waals surface area contributed by atoms with Crippen LogP contribution < -0.4 is 16.0 Å². The number of allylic oxidation sites excluding steroid dienone is 5. The second-order valence-electron chi connectivity index (χ2n) is 13.9. The van der Waals surface area contributed by atoms with Crippen LogP contribution in [0.4, 0.5) is 0 Å². The largest absolute Gasteiger partial charge is 0.468 e. The summed E-state index contributed by atoms with van der Waals surface area (Å²) in [7, 11) is 10.1. The van der Waals surface area contributed by atoms with Crippen molar-refractivity contribution in [1.82, 2.24) is 25.8 Å². The fourth-order valence-electron chi connectivity index (χ4n) is 5.33. The van der Waals surface area contributed by atoms with Crippen molar-refractivity contribution < 1.29 is 33.4 Å². The smallest absolute Gasteiger partial charge is 0.325 e. The zero-order valence-corrected chi connectivity index (χ0v) is 40.3. The maximum atomic E-state index is 11.9. The Labute approximate surface area is 355 Å². The van der Waals surface area contributed by atoms with Gasteiger partial charge in [0.25, 0.3) is 0 Å². The number of likely N-dealkylation sites (tertiary alicyclic amines) is 1. The lowest BCUT2D eigenvalue weighted by Crippen LogP contribution is -2.50. The zero-order chi connectivity index (χ0) is 45.6. The molecule has 13 heteroatoms.